The highest BCUT2D eigenvalue weighted by Gasteiger charge is 2.11. The number of halogens is 2. The Balaban J connectivity index is 2.80. The highest BCUT2D eigenvalue weighted by molar-refractivity contribution is 6.31. The van der Waals surface area contributed by atoms with Crippen LogP contribution in [0.15, 0.2) is 22.4 Å². The van der Waals surface area contributed by atoms with Crippen LogP contribution in [0.4, 0.5) is 4.53 Å². The summed E-state index contributed by atoms with van der Waals surface area (Å²) < 4.78 is 11.6. The van der Waals surface area contributed by atoms with Crippen molar-refractivity contribution in [3.63, 3.8) is 0 Å². The number of hydrogen-bond donors (Lipinski definition) is 0. The van der Waals surface area contributed by atoms with Gasteiger partial charge in [-0.2, -0.15) is 0 Å². The fraction of sp³-hybridized carbons (Fsp3) is 0.429. The van der Waals surface area contributed by atoms with Crippen LogP contribution in [0.5, 0.6) is 0 Å². The van der Waals surface area contributed by atoms with E-state index in [1.807, 2.05) is 6.92 Å². The van der Waals surface area contributed by atoms with Crippen molar-refractivity contribution in [1.82, 2.24) is 0 Å². The lowest BCUT2D eigenvalue weighted by Gasteiger charge is -2.09. The van der Waals surface area contributed by atoms with Gasteiger partial charge in [-0.05, 0) is 19.4 Å². The molecule has 0 heterocycles. The summed E-state index contributed by atoms with van der Waals surface area (Å²) in [6.07, 6.45) is 3.12. The van der Waals surface area contributed by atoms with Gasteiger partial charge in [-0.3, -0.25) is 4.94 Å². The minimum absolute atomic E-state index is 0.243. The Morgan fingerprint density at radius 1 is 1.60 bits per heavy atom. The predicted molar refractivity (Wildman–Crippen MR) is 38.1 cm³/mol. The molecule has 0 aromatic carbocycles. The van der Waals surface area contributed by atoms with E-state index in [-0.39, 0.29) is 5.76 Å². The molecule has 0 atom stereocenters. The summed E-state index contributed by atoms with van der Waals surface area (Å²) in [6, 6.07) is 0. The van der Waals surface area contributed by atoms with Crippen LogP contribution in [0, 0.1) is 0 Å². The molecule has 0 bridgehead atoms. The summed E-state index contributed by atoms with van der Waals surface area (Å²) in [7, 11) is 0. The Bertz CT molecular complexity index is 196. The van der Waals surface area contributed by atoms with Crippen molar-refractivity contribution in [2.45, 2.75) is 19.8 Å². The Hall–Kier alpha value is -0.500. The highest BCUT2D eigenvalue weighted by Crippen LogP contribution is 2.26. The second-order valence-electron chi connectivity index (χ2n) is 2.34. The summed E-state index contributed by atoms with van der Waals surface area (Å²) in [6.45, 7) is 1.96. The van der Waals surface area contributed by atoms with Gasteiger partial charge >= 0.3 is 0 Å². The average Bonchev–Trinajstić information content (AvgIpc) is 1.88. The lowest BCUT2D eigenvalue weighted by atomic mass is 10.1. The Labute approximate surface area is 64.0 Å². The first-order chi connectivity index (χ1) is 4.74. The van der Waals surface area contributed by atoms with Gasteiger partial charge in [0, 0.05) is 10.9 Å². The van der Waals surface area contributed by atoms with Gasteiger partial charge in [-0.15, -0.1) is 0 Å². The Morgan fingerprint density at radius 3 is 2.80 bits per heavy atom. The lowest BCUT2D eigenvalue weighted by Crippen LogP contribution is -1.94. The van der Waals surface area contributed by atoms with Crippen molar-refractivity contribution in [3.05, 3.63) is 22.4 Å². The van der Waals surface area contributed by atoms with Crippen molar-refractivity contribution in [2.24, 2.45) is 0 Å². The fourth-order valence-electron chi connectivity index (χ4n) is 0.875. The first-order valence-electron chi connectivity index (χ1n) is 3.08. The van der Waals surface area contributed by atoms with Crippen LogP contribution in [0.1, 0.15) is 19.8 Å². The largest absolute Gasteiger partial charge is 0.297 e. The molecule has 1 rings (SSSR count). The molecule has 0 N–H and O–H groups in total. The Morgan fingerprint density at radius 2 is 2.30 bits per heavy atom. The maximum absolute atomic E-state index is 11.6. The van der Waals surface area contributed by atoms with Gasteiger partial charge in [-0.25, -0.2) is 0 Å². The molecule has 56 valence electrons. The second kappa shape index (κ2) is 3.06. The first-order valence-corrected chi connectivity index (χ1v) is 3.46. The van der Waals surface area contributed by atoms with Crippen LogP contribution < -0.4 is 0 Å². The summed E-state index contributed by atoms with van der Waals surface area (Å²) >= 11 is 5.62. The molecule has 10 heavy (non-hydrogen) atoms. The van der Waals surface area contributed by atoms with Crippen molar-refractivity contribution >= 4 is 11.6 Å². The van der Waals surface area contributed by atoms with E-state index in [0.29, 0.717) is 11.5 Å². The summed E-state index contributed by atoms with van der Waals surface area (Å²) in [5, 5.41) is 0.381. The van der Waals surface area contributed by atoms with Gasteiger partial charge in [0.15, 0.2) is 5.76 Å². The van der Waals surface area contributed by atoms with E-state index >= 15 is 0 Å². The molecular formula is C7H8ClFO. The van der Waals surface area contributed by atoms with Crippen LogP contribution in [0.25, 0.3) is 0 Å². The first kappa shape index (κ1) is 7.61. The molecule has 0 aliphatic heterocycles. The van der Waals surface area contributed by atoms with Gasteiger partial charge in [0.25, 0.3) is 0 Å². The van der Waals surface area contributed by atoms with Crippen molar-refractivity contribution in [3.8, 4) is 0 Å². The normalized spacial score (nSPS) is 18.9. The van der Waals surface area contributed by atoms with Crippen LogP contribution in [0.2, 0.25) is 0 Å². The van der Waals surface area contributed by atoms with Crippen molar-refractivity contribution in [1.29, 1.82) is 0 Å². The molecule has 1 aliphatic carbocycles. The third kappa shape index (κ3) is 1.51. The molecule has 0 saturated carbocycles. The number of hydrogen-bond acceptors (Lipinski definition) is 1. The molecule has 3 heteroatoms. The van der Waals surface area contributed by atoms with Crippen LogP contribution in [-0.4, -0.2) is 0 Å². The smallest absolute Gasteiger partial charge is 0.167 e. The Kier molecular flexibility index (Phi) is 2.33. The van der Waals surface area contributed by atoms with E-state index in [9.17, 15) is 4.53 Å². The van der Waals surface area contributed by atoms with Gasteiger partial charge in [0.1, 0.15) is 0 Å². The van der Waals surface area contributed by atoms with Crippen LogP contribution in [-0.2, 0) is 4.94 Å². The van der Waals surface area contributed by atoms with Gasteiger partial charge in [0.05, 0.1) is 5.03 Å². The average molecular weight is 163 g/mol. The third-order valence-corrected chi connectivity index (χ3v) is 1.80. The SMILES string of the molecule is CC1=CC(Cl)=C(OF)CC1. The van der Waals surface area contributed by atoms with Crippen LogP contribution in [0.3, 0.4) is 0 Å². The molecule has 0 fully saturated rings. The van der Waals surface area contributed by atoms with E-state index in [2.05, 4.69) is 4.94 Å². The predicted octanol–water partition coefficient (Wildman–Crippen LogP) is 3.08. The van der Waals surface area contributed by atoms with Gasteiger partial charge in [0.2, 0.25) is 0 Å². The molecule has 0 saturated heterocycles. The molecule has 0 radical (unpaired) electrons. The monoisotopic (exact) mass is 162 g/mol. The fourth-order valence-corrected chi connectivity index (χ4v) is 1.18. The van der Waals surface area contributed by atoms with E-state index in [1.165, 1.54) is 0 Å². The van der Waals surface area contributed by atoms with Crippen molar-refractivity contribution in [2.75, 3.05) is 0 Å². The zero-order valence-corrected chi connectivity index (χ0v) is 6.41. The van der Waals surface area contributed by atoms with Crippen molar-refractivity contribution < 1.29 is 9.47 Å². The molecule has 1 aliphatic rings. The summed E-state index contributed by atoms with van der Waals surface area (Å²) in [4.78, 5) is 3.55. The minimum Gasteiger partial charge on any atom is -0.297 e. The molecular weight excluding hydrogens is 155 g/mol. The standard InChI is InChI=1S/C7H8ClFO/c1-5-2-3-7(10-9)6(8)4-5/h4H,2-3H2,1H3. The summed E-state index contributed by atoms with van der Waals surface area (Å²) in [5.41, 5.74) is 1.16. The number of allylic oxidation sites excluding steroid dienone is 4. The van der Waals surface area contributed by atoms with E-state index < -0.39 is 0 Å². The topological polar surface area (TPSA) is 9.23 Å². The van der Waals surface area contributed by atoms with E-state index in [0.717, 1.165) is 12.0 Å². The van der Waals surface area contributed by atoms with Gasteiger partial charge in [-0.1, -0.05) is 17.2 Å². The molecule has 1 nitrogen and oxygen atoms in total. The molecule has 0 unspecified atom stereocenters. The number of rotatable bonds is 1. The van der Waals surface area contributed by atoms with Crippen LogP contribution >= 0.6 is 11.6 Å². The third-order valence-electron chi connectivity index (χ3n) is 1.48. The van der Waals surface area contributed by atoms with Gasteiger partial charge < -0.3 is 0 Å². The minimum atomic E-state index is 0.243. The highest BCUT2D eigenvalue weighted by atomic mass is 35.5. The molecule has 0 spiro atoms. The zero-order valence-electron chi connectivity index (χ0n) is 5.66. The summed E-state index contributed by atoms with van der Waals surface area (Å²) in [5.74, 6) is 0.243. The molecule has 0 amide bonds. The zero-order chi connectivity index (χ0) is 7.56. The second-order valence-corrected chi connectivity index (χ2v) is 2.75. The maximum atomic E-state index is 11.6. The molecule has 0 aromatic rings. The maximum Gasteiger partial charge on any atom is 0.167 e. The van der Waals surface area contributed by atoms with E-state index in [1.54, 1.807) is 6.08 Å². The lowest BCUT2D eigenvalue weighted by molar-refractivity contribution is -0.0875. The molecule has 0 aromatic heterocycles. The van der Waals surface area contributed by atoms with E-state index in [4.69, 9.17) is 11.6 Å². The quantitative estimate of drug-likeness (QED) is 0.576.